The fourth-order valence-electron chi connectivity index (χ4n) is 0.323. The highest BCUT2D eigenvalue weighted by molar-refractivity contribution is 14.1. The maximum atomic E-state index is 2.36. The number of hydrogen-bond acceptors (Lipinski definition) is 0. The van der Waals surface area contributed by atoms with Crippen LogP contribution in [0.1, 0.15) is 0 Å². The summed E-state index contributed by atoms with van der Waals surface area (Å²) in [6.07, 6.45) is 0. The minimum Gasteiger partial charge on any atom is -0.0419 e. The van der Waals surface area contributed by atoms with Gasteiger partial charge in [0.2, 0.25) is 0 Å². The van der Waals surface area contributed by atoms with Crippen molar-refractivity contribution in [1.82, 2.24) is 0 Å². The summed E-state index contributed by atoms with van der Waals surface area (Å²) in [5.74, 6) is 0. The van der Waals surface area contributed by atoms with Gasteiger partial charge in [0.05, 0.1) is 0 Å². The summed E-state index contributed by atoms with van der Waals surface area (Å²) in [5.41, 5.74) is 0. The van der Waals surface area contributed by atoms with Crippen molar-refractivity contribution in [3.63, 3.8) is 0 Å². The van der Waals surface area contributed by atoms with E-state index >= 15 is 0 Å². The van der Waals surface area contributed by atoms with Crippen molar-refractivity contribution in [2.75, 3.05) is 0 Å². The van der Waals surface area contributed by atoms with Gasteiger partial charge in [-0.25, -0.2) is 0 Å². The van der Waals surface area contributed by atoms with Crippen molar-refractivity contribution < 1.29 is 0 Å². The number of hydrogen-bond donors (Lipinski definition) is 0. The maximum Gasteiger partial charge on any atom is 0.0419 e. The molecule has 1 aliphatic carbocycles. The van der Waals surface area contributed by atoms with Crippen LogP contribution in [0.25, 0.3) is 0 Å². The van der Waals surface area contributed by atoms with E-state index in [0.29, 0.717) is 0 Å². The zero-order valence-corrected chi connectivity index (χ0v) is 12.1. The molecule has 0 N–H and O–H groups in total. The maximum absolute atomic E-state index is 2.36. The second-order valence-corrected chi connectivity index (χ2v) is 5.57. The molecule has 0 aromatic rings. The molecule has 0 fully saturated rings. The van der Waals surface area contributed by atoms with E-state index in [0.717, 1.165) is 0 Å². The Kier molecular flexibility index (Phi) is 3.40. The monoisotopic (exact) mass is 556 g/mol. The number of allylic oxidation sites excluding steroid dienone is 4. The summed E-state index contributed by atoms with van der Waals surface area (Å²) >= 11 is 9.45. The largest absolute Gasteiger partial charge is 0.0419 e. The lowest BCUT2D eigenvalue weighted by Crippen LogP contribution is -1.91. The molecule has 0 spiro atoms. The van der Waals surface area contributed by atoms with Crippen LogP contribution in [0.4, 0.5) is 0 Å². The lowest BCUT2D eigenvalue weighted by atomic mass is 10.3. The molecule has 1 rings (SSSR count). The summed E-state index contributed by atoms with van der Waals surface area (Å²) in [6, 6.07) is 0. The van der Waals surface area contributed by atoms with E-state index in [2.05, 4.69) is 90.4 Å². The first-order valence-corrected chi connectivity index (χ1v) is 6.07. The fraction of sp³-hybridized carbons (Fsp3) is 0. The lowest BCUT2D eigenvalue weighted by Gasteiger charge is -2.14. The average molecular weight is 556 g/mol. The van der Waals surface area contributed by atoms with Gasteiger partial charge >= 0.3 is 0 Å². The first-order valence-electron chi connectivity index (χ1n) is 1.76. The summed E-state index contributed by atoms with van der Waals surface area (Å²) in [6.45, 7) is 0. The molecule has 0 aliphatic heterocycles. The van der Waals surface area contributed by atoms with Crippen LogP contribution in [-0.4, -0.2) is 0 Å². The molecule has 0 saturated carbocycles. The third-order valence-corrected chi connectivity index (χ3v) is 9.21. The molecular weight excluding hydrogens is 556 g/mol. The van der Waals surface area contributed by atoms with Gasteiger partial charge in [0, 0.05) is 14.3 Å². The van der Waals surface area contributed by atoms with Crippen LogP contribution in [0.2, 0.25) is 0 Å². The van der Waals surface area contributed by atoms with Crippen LogP contribution in [0, 0.1) is 0 Å². The van der Waals surface area contributed by atoms with Crippen molar-refractivity contribution in [3.05, 3.63) is 14.3 Å². The zero-order valence-electron chi connectivity index (χ0n) is 3.51. The molecule has 1 aliphatic rings. The normalized spacial score (nSPS) is 19.5. The van der Waals surface area contributed by atoms with E-state index in [4.69, 9.17) is 0 Å². The summed E-state index contributed by atoms with van der Waals surface area (Å²) in [4.78, 5) is 0. The molecule has 0 radical (unpaired) electrons. The van der Waals surface area contributed by atoms with Gasteiger partial charge in [0.1, 0.15) is 0 Å². The predicted molar refractivity (Wildman–Crippen MR) is 70.1 cm³/mol. The fourth-order valence-corrected chi connectivity index (χ4v) is 4.54. The summed E-state index contributed by atoms with van der Waals surface area (Å²) in [7, 11) is 0. The highest BCUT2D eigenvalue weighted by atomic mass is 127. The minimum atomic E-state index is 1.42. The molecule has 0 atom stereocenters. The summed E-state index contributed by atoms with van der Waals surface area (Å²) < 4.78 is 5.70. The summed E-state index contributed by atoms with van der Waals surface area (Å²) in [5, 5.41) is 0. The van der Waals surface area contributed by atoms with E-state index in [1.165, 1.54) is 14.3 Å². The van der Waals surface area contributed by atoms with Crippen molar-refractivity contribution in [1.29, 1.82) is 0 Å². The molecule has 0 bridgehead atoms. The van der Waals surface area contributed by atoms with E-state index < -0.39 is 0 Å². The number of rotatable bonds is 0. The van der Waals surface area contributed by atoms with E-state index in [1.807, 2.05) is 0 Å². The Hall–Kier alpha value is 2.40. The van der Waals surface area contributed by atoms with Gasteiger partial charge in [0.15, 0.2) is 0 Å². The molecule has 0 aromatic heterocycles. The van der Waals surface area contributed by atoms with Gasteiger partial charge in [-0.05, 0) is 90.4 Å². The van der Waals surface area contributed by atoms with Crippen molar-refractivity contribution >= 4 is 90.4 Å². The van der Waals surface area contributed by atoms with Crippen LogP contribution in [-0.2, 0) is 0 Å². The zero-order chi connectivity index (χ0) is 6.31. The minimum absolute atomic E-state index is 1.42. The van der Waals surface area contributed by atoms with Gasteiger partial charge < -0.3 is 0 Å². The molecular formula is C4I4. The van der Waals surface area contributed by atoms with Crippen molar-refractivity contribution in [2.24, 2.45) is 0 Å². The van der Waals surface area contributed by atoms with Crippen molar-refractivity contribution in [3.8, 4) is 0 Å². The van der Waals surface area contributed by atoms with Gasteiger partial charge in [-0.15, -0.1) is 0 Å². The predicted octanol–water partition coefficient (Wildman–Crippen LogP) is 4.16. The molecule has 0 aromatic carbocycles. The lowest BCUT2D eigenvalue weighted by molar-refractivity contribution is 1.73. The Balaban J connectivity index is 2.86. The Bertz CT molecular complexity index is 135. The Morgan fingerprint density at radius 2 is 0.625 bits per heavy atom. The molecule has 8 heavy (non-hydrogen) atoms. The molecule has 0 saturated heterocycles. The van der Waals surface area contributed by atoms with Crippen LogP contribution >= 0.6 is 90.4 Å². The Morgan fingerprint density at radius 1 is 0.500 bits per heavy atom. The molecule has 4 heteroatoms. The third kappa shape index (κ3) is 1.36. The molecule has 0 nitrogen and oxygen atoms in total. The highest BCUT2D eigenvalue weighted by Crippen LogP contribution is 2.49. The van der Waals surface area contributed by atoms with E-state index in [9.17, 15) is 0 Å². The van der Waals surface area contributed by atoms with Crippen LogP contribution < -0.4 is 0 Å². The molecule has 44 valence electrons. The Morgan fingerprint density at radius 3 is 0.750 bits per heavy atom. The topological polar surface area (TPSA) is 0 Å². The Labute approximate surface area is 102 Å². The molecule has 0 amide bonds. The van der Waals surface area contributed by atoms with E-state index in [1.54, 1.807) is 0 Å². The standard InChI is InChI=1S/C4I4/c5-1-2(6)4(8)3(1)7. The average Bonchev–Trinajstić information content (AvgIpc) is 1.83. The van der Waals surface area contributed by atoms with E-state index in [-0.39, 0.29) is 0 Å². The third-order valence-electron chi connectivity index (χ3n) is 0.771. The van der Waals surface area contributed by atoms with Gasteiger partial charge in [0.25, 0.3) is 0 Å². The second kappa shape index (κ2) is 3.20. The van der Waals surface area contributed by atoms with Gasteiger partial charge in [-0.1, -0.05) is 0 Å². The highest BCUT2D eigenvalue weighted by Gasteiger charge is 2.20. The smallest absolute Gasteiger partial charge is 0.0419 e. The van der Waals surface area contributed by atoms with Gasteiger partial charge in [-0.2, -0.15) is 0 Å². The van der Waals surface area contributed by atoms with Gasteiger partial charge in [-0.3, -0.25) is 0 Å². The first-order chi connectivity index (χ1) is 3.64. The molecule has 0 heterocycles. The number of halogens is 4. The van der Waals surface area contributed by atoms with Crippen LogP contribution in [0.5, 0.6) is 0 Å². The van der Waals surface area contributed by atoms with Crippen molar-refractivity contribution in [2.45, 2.75) is 0 Å². The quantitative estimate of drug-likeness (QED) is 0.394. The first kappa shape index (κ1) is 8.50. The SMILES string of the molecule is IC1=C(I)C(I)=C1I. The van der Waals surface area contributed by atoms with Crippen LogP contribution in [0.3, 0.4) is 0 Å². The molecule has 0 unspecified atom stereocenters. The second-order valence-electron chi connectivity index (χ2n) is 1.26. The van der Waals surface area contributed by atoms with Crippen LogP contribution in [0.15, 0.2) is 14.3 Å².